The van der Waals surface area contributed by atoms with Crippen LogP contribution in [0.25, 0.3) is 32.3 Å². The molecular weight excluding hydrogens is 432 g/mol. The van der Waals surface area contributed by atoms with E-state index in [0.29, 0.717) is 6.61 Å². The molecule has 30 heavy (non-hydrogen) atoms. The fourth-order valence-corrected chi connectivity index (χ4v) is 5.04. The van der Waals surface area contributed by atoms with Crippen LogP contribution in [-0.2, 0) is 11.3 Å². The van der Waals surface area contributed by atoms with Crippen LogP contribution >= 0.6 is 15.9 Å². The van der Waals surface area contributed by atoms with E-state index in [4.69, 9.17) is 4.74 Å². The summed E-state index contributed by atoms with van der Waals surface area (Å²) in [6, 6.07) is 20.1. The first-order valence-corrected chi connectivity index (χ1v) is 12.8. The monoisotopic (exact) mass is 464 g/mol. The van der Waals surface area contributed by atoms with E-state index in [2.05, 4.69) is 70.5 Å². The standard InChI is InChI=1S/C28H33BrO/c29-19-8-6-4-2-1-3-5-7-9-20-30-21-25-16-15-24-14-13-22-11-10-12-23-17-18-26(25)28(24)27(22)23/h10-18H,1-9,19-21H2. The number of ether oxygens (including phenoxy) is 1. The van der Waals surface area contributed by atoms with Gasteiger partial charge in [-0.2, -0.15) is 0 Å². The average Bonchev–Trinajstić information content (AvgIpc) is 2.79. The molecule has 0 saturated carbocycles. The van der Waals surface area contributed by atoms with Crippen LogP contribution in [0.15, 0.2) is 54.6 Å². The predicted molar refractivity (Wildman–Crippen MR) is 135 cm³/mol. The predicted octanol–water partition coefficient (Wildman–Crippen LogP) is 9.01. The number of alkyl halides is 1. The van der Waals surface area contributed by atoms with E-state index >= 15 is 0 Å². The Kier molecular flexibility index (Phi) is 8.00. The second-order valence-electron chi connectivity index (χ2n) is 8.50. The second-order valence-corrected chi connectivity index (χ2v) is 9.30. The number of unbranched alkanes of at least 4 members (excludes halogenated alkanes) is 8. The van der Waals surface area contributed by atoms with E-state index in [1.54, 1.807) is 0 Å². The van der Waals surface area contributed by atoms with Crippen LogP contribution in [-0.4, -0.2) is 11.9 Å². The molecule has 0 spiro atoms. The van der Waals surface area contributed by atoms with Crippen molar-refractivity contribution in [1.82, 2.24) is 0 Å². The molecule has 0 aliphatic carbocycles. The van der Waals surface area contributed by atoms with Gasteiger partial charge in [0, 0.05) is 11.9 Å². The Morgan fingerprint density at radius 1 is 0.567 bits per heavy atom. The molecule has 4 aromatic carbocycles. The molecule has 0 saturated heterocycles. The lowest BCUT2D eigenvalue weighted by molar-refractivity contribution is 0.117. The van der Waals surface area contributed by atoms with Crippen molar-refractivity contribution < 1.29 is 4.74 Å². The van der Waals surface area contributed by atoms with Crippen LogP contribution in [0.4, 0.5) is 0 Å². The van der Waals surface area contributed by atoms with Gasteiger partial charge in [-0.15, -0.1) is 0 Å². The zero-order valence-corrected chi connectivity index (χ0v) is 19.6. The van der Waals surface area contributed by atoms with E-state index in [1.165, 1.54) is 95.7 Å². The lowest BCUT2D eigenvalue weighted by atomic mass is 9.92. The van der Waals surface area contributed by atoms with E-state index in [-0.39, 0.29) is 0 Å². The highest BCUT2D eigenvalue weighted by atomic mass is 79.9. The van der Waals surface area contributed by atoms with Crippen molar-refractivity contribution in [2.24, 2.45) is 0 Å². The second kappa shape index (κ2) is 11.1. The molecule has 0 atom stereocenters. The van der Waals surface area contributed by atoms with Crippen LogP contribution in [0, 0.1) is 0 Å². The molecule has 0 unspecified atom stereocenters. The molecule has 4 aromatic rings. The molecule has 158 valence electrons. The van der Waals surface area contributed by atoms with Crippen LogP contribution in [0.2, 0.25) is 0 Å². The highest BCUT2D eigenvalue weighted by Crippen LogP contribution is 2.36. The van der Waals surface area contributed by atoms with Gasteiger partial charge < -0.3 is 4.74 Å². The average molecular weight is 465 g/mol. The molecule has 0 heterocycles. The van der Waals surface area contributed by atoms with Crippen LogP contribution in [0.1, 0.15) is 63.4 Å². The van der Waals surface area contributed by atoms with Crippen molar-refractivity contribution in [3.63, 3.8) is 0 Å². The molecule has 0 radical (unpaired) electrons. The quantitative estimate of drug-likeness (QED) is 0.109. The summed E-state index contributed by atoms with van der Waals surface area (Å²) in [6.45, 7) is 1.58. The summed E-state index contributed by atoms with van der Waals surface area (Å²) in [6.07, 6.45) is 12.1. The van der Waals surface area contributed by atoms with Gasteiger partial charge in [0.2, 0.25) is 0 Å². The minimum absolute atomic E-state index is 0.710. The number of hydrogen-bond donors (Lipinski definition) is 0. The first kappa shape index (κ1) is 21.6. The highest BCUT2D eigenvalue weighted by Gasteiger charge is 2.10. The summed E-state index contributed by atoms with van der Waals surface area (Å²) >= 11 is 3.50. The van der Waals surface area contributed by atoms with Gasteiger partial charge in [-0.25, -0.2) is 0 Å². The van der Waals surface area contributed by atoms with Gasteiger partial charge in [0.05, 0.1) is 6.61 Å². The van der Waals surface area contributed by atoms with E-state index < -0.39 is 0 Å². The molecule has 0 aromatic heterocycles. The molecule has 0 amide bonds. The van der Waals surface area contributed by atoms with Crippen LogP contribution in [0.5, 0.6) is 0 Å². The first-order valence-electron chi connectivity index (χ1n) is 11.7. The van der Waals surface area contributed by atoms with Crippen molar-refractivity contribution in [3.8, 4) is 0 Å². The van der Waals surface area contributed by atoms with E-state index in [0.717, 1.165) is 11.9 Å². The van der Waals surface area contributed by atoms with Crippen molar-refractivity contribution in [2.45, 2.75) is 64.4 Å². The lowest BCUT2D eigenvalue weighted by Crippen LogP contribution is -1.97. The molecule has 2 heteroatoms. The van der Waals surface area contributed by atoms with Gasteiger partial charge in [-0.1, -0.05) is 115 Å². The first-order chi connectivity index (χ1) is 14.9. The zero-order valence-electron chi connectivity index (χ0n) is 18.0. The molecular formula is C28H33BrO. The van der Waals surface area contributed by atoms with Crippen LogP contribution in [0.3, 0.4) is 0 Å². The summed E-state index contributed by atoms with van der Waals surface area (Å²) in [5, 5.41) is 9.26. The molecule has 1 nitrogen and oxygen atoms in total. The minimum atomic E-state index is 0.710. The number of benzene rings is 4. The summed E-state index contributed by atoms with van der Waals surface area (Å²) < 4.78 is 6.08. The SMILES string of the molecule is BrCCCCCCCCCCCOCc1ccc2ccc3cccc4ccc1c2c34. The van der Waals surface area contributed by atoms with Crippen molar-refractivity contribution in [3.05, 3.63) is 60.2 Å². The summed E-state index contributed by atoms with van der Waals surface area (Å²) in [7, 11) is 0. The normalized spacial score (nSPS) is 11.9. The Balaban J connectivity index is 1.25. The van der Waals surface area contributed by atoms with Gasteiger partial charge in [-0.05, 0) is 50.7 Å². The van der Waals surface area contributed by atoms with Gasteiger partial charge in [-0.3, -0.25) is 0 Å². The summed E-state index contributed by atoms with van der Waals surface area (Å²) in [5.74, 6) is 0. The van der Waals surface area contributed by atoms with Gasteiger partial charge in [0.1, 0.15) is 0 Å². The smallest absolute Gasteiger partial charge is 0.0722 e. The summed E-state index contributed by atoms with van der Waals surface area (Å²) in [5.41, 5.74) is 1.31. The Morgan fingerprint density at radius 2 is 1.13 bits per heavy atom. The Hall–Kier alpha value is -1.64. The lowest BCUT2D eigenvalue weighted by Gasteiger charge is -2.14. The number of rotatable bonds is 13. The molecule has 4 rings (SSSR count). The molecule has 0 N–H and O–H groups in total. The van der Waals surface area contributed by atoms with Gasteiger partial charge in [0.15, 0.2) is 0 Å². The van der Waals surface area contributed by atoms with Gasteiger partial charge >= 0.3 is 0 Å². The van der Waals surface area contributed by atoms with E-state index in [9.17, 15) is 0 Å². The number of halogens is 1. The fourth-order valence-electron chi connectivity index (χ4n) is 4.64. The highest BCUT2D eigenvalue weighted by molar-refractivity contribution is 9.09. The third-order valence-electron chi connectivity index (χ3n) is 6.30. The van der Waals surface area contributed by atoms with Crippen molar-refractivity contribution >= 4 is 48.2 Å². The van der Waals surface area contributed by atoms with Gasteiger partial charge in [0.25, 0.3) is 0 Å². The van der Waals surface area contributed by atoms with Crippen LogP contribution < -0.4 is 0 Å². The molecule has 0 aliphatic heterocycles. The maximum atomic E-state index is 6.08. The third kappa shape index (κ3) is 5.15. The van der Waals surface area contributed by atoms with Crippen molar-refractivity contribution in [2.75, 3.05) is 11.9 Å². The Labute approximate surface area is 189 Å². The maximum absolute atomic E-state index is 6.08. The Morgan fingerprint density at radius 3 is 1.83 bits per heavy atom. The molecule has 0 fully saturated rings. The fraction of sp³-hybridized carbons (Fsp3) is 0.429. The molecule has 0 aliphatic rings. The molecule has 0 bridgehead atoms. The largest absolute Gasteiger partial charge is 0.377 e. The van der Waals surface area contributed by atoms with E-state index in [1.807, 2.05) is 0 Å². The third-order valence-corrected chi connectivity index (χ3v) is 6.86. The minimum Gasteiger partial charge on any atom is -0.377 e. The number of hydrogen-bond acceptors (Lipinski definition) is 1. The van der Waals surface area contributed by atoms with Crippen molar-refractivity contribution in [1.29, 1.82) is 0 Å². The topological polar surface area (TPSA) is 9.23 Å². The summed E-state index contributed by atoms with van der Waals surface area (Å²) in [4.78, 5) is 0. The Bertz CT molecular complexity index is 1040. The zero-order chi connectivity index (χ0) is 20.6. The maximum Gasteiger partial charge on any atom is 0.0722 e.